The highest BCUT2D eigenvalue weighted by atomic mass is 32.2. The number of rotatable bonds is 4. The quantitative estimate of drug-likeness (QED) is 0.526. The van der Waals surface area contributed by atoms with Crippen molar-refractivity contribution in [3.05, 3.63) is 45.9 Å². The smallest absolute Gasteiger partial charge is 0.262 e. The first kappa shape index (κ1) is 19.7. The SMILES string of the molecule is Cc1ccc(-n2ncc3c(=O)[nH]c(SCC(=O)N4CCCCCC4)nc32)cc1C. The highest BCUT2D eigenvalue weighted by Crippen LogP contribution is 2.20. The second kappa shape index (κ2) is 8.41. The van der Waals surface area contributed by atoms with Crippen molar-refractivity contribution in [2.75, 3.05) is 18.8 Å². The predicted octanol–water partition coefficient (Wildman–Crippen LogP) is 3.22. The maximum atomic E-state index is 12.5. The number of fused-ring (bicyclic) bond motifs is 1. The van der Waals surface area contributed by atoms with Gasteiger partial charge in [-0.15, -0.1) is 0 Å². The standard InChI is InChI=1S/C21H25N5O2S/c1-14-7-8-16(11-15(14)2)26-19-17(12-22-26)20(28)24-21(23-19)29-13-18(27)25-9-5-3-4-6-10-25/h7-8,11-12H,3-6,9-10,13H2,1-2H3,(H,23,24,28). The molecule has 7 nitrogen and oxygen atoms in total. The first-order valence-electron chi connectivity index (χ1n) is 9.99. The fourth-order valence-electron chi connectivity index (χ4n) is 3.55. The monoisotopic (exact) mass is 411 g/mol. The lowest BCUT2D eigenvalue weighted by atomic mass is 10.1. The van der Waals surface area contributed by atoms with Crippen LogP contribution in [0.5, 0.6) is 0 Å². The maximum Gasteiger partial charge on any atom is 0.262 e. The van der Waals surface area contributed by atoms with E-state index in [1.807, 2.05) is 30.0 Å². The van der Waals surface area contributed by atoms with Gasteiger partial charge in [0.1, 0.15) is 5.39 Å². The average molecular weight is 412 g/mol. The van der Waals surface area contributed by atoms with Gasteiger partial charge >= 0.3 is 0 Å². The van der Waals surface area contributed by atoms with Crippen LogP contribution in [-0.2, 0) is 4.79 Å². The molecule has 0 bridgehead atoms. The number of hydrogen-bond donors (Lipinski definition) is 1. The zero-order valence-corrected chi connectivity index (χ0v) is 17.6. The van der Waals surface area contributed by atoms with Crippen molar-refractivity contribution in [1.82, 2.24) is 24.6 Å². The van der Waals surface area contributed by atoms with Gasteiger partial charge in [-0.25, -0.2) is 9.67 Å². The molecule has 152 valence electrons. The summed E-state index contributed by atoms with van der Waals surface area (Å²) in [6.07, 6.45) is 6.03. The van der Waals surface area contributed by atoms with Gasteiger partial charge in [0.2, 0.25) is 5.91 Å². The molecule has 1 aromatic carbocycles. The molecule has 1 amide bonds. The van der Waals surface area contributed by atoms with E-state index in [0.717, 1.165) is 37.2 Å². The van der Waals surface area contributed by atoms with E-state index in [0.29, 0.717) is 16.2 Å². The molecule has 1 N–H and O–H groups in total. The summed E-state index contributed by atoms with van der Waals surface area (Å²) in [4.78, 5) is 34.3. The van der Waals surface area contributed by atoms with E-state index in [4.69, 9.17) is 0 Å². The van der Waals surface area contributed by atoms with Crippen LogP contribution in [0.1, 0.15) is 36.8 Å². The van der Waals surface area contributed by atoms with Gasteiger partial charge in [0, 0.05) is 13.1 Å². The lowest BCUT2D eigenvalue weighted by molar-refractivity contribution is -0.128. The molecular formula is C21H25N5O2S. The third-order valence-electron chi connectivity index (χ3n) is 5.44. The summed E-state index contributed by atoms with van der Waals surface area (Å²) >= 11 is 1.27. The summed E-state index contributed by atoms with van der Waals surface area (Å²) in [6, 6.07) is 6.02. The molecule has 0 spiro atoms. The van der Waals surface area contributed by atoms with Crippen LogP contribution in [-0.4, -0.2) is 49.4 Å². The Kier molecular flexibility index (Phi) is 5.71. The predicted molar refractivity (Wildman–Crippen MR) is 115 cm³/mol. The second-order valence-electron chi connectivity index (χ2n) is 7.52. The topological polar surface area (TPSA) is 83.9 Å². The number of benzene rings is 1. The summed E-state index contributed by atoms with van der Waals surface area (Å²) in [5.41, 5.74) is 3.46. The Labute approximate surface area is 173 Å². The highest BCUT2D eigenvalue weighted by Gasteiger charge is 2.17. The summed E-state index contributed by atoms with van der Waals surface area (Å²) in [5, 5.41) is 5.24. The van der Waals surface area contributed by atoms with Gasteiger partial charge in [-0.1, -0.05) is 30.7 Å². The molecule has 0 aliphatic carbocycles. The number of aromatic nitrogens is 4. The molecule has 0 atom stereocenters. The van der Waals surface area contributed by atoms with Gasteiger partial charge in [0.25, 0.3) is 5.56 Å². The molecule has 1 saturated heterocycles. The van der Waals surface area contributed by atoms with Crippen molar-refractivity contribution in [2.24, 2.45) is 0 Å². The van der Waals surface area contributed by atoms with E-state index in [-0.39, 0.29) is 17.2 Å². The summed E-state index contributed by atoms with van der Waals surface area (Å²) < 4.78 is 1.68. The molecule has 1 aliphatic heterocycles. The van der Waals surface area contributed by atoms with Crippen LogP contribution >= 0.6 is 11.8 Å². The molecular weight excluding hydrogens is 386 g/mol. The number of hydrogen-bond acceptors (Lipinski definition) is 5. The Balaban J connectivity index is 1.58. The third kappa shape index (κ3) is 4.22. The normalized spacial score (nSPS) is 14.9. The van der Waals surface area contributed by atoms with E-state index in [1.54, 1.807) is 4.68 Å². The number of carbonyl (C=O) groups excluding carboxylic acids is 1. The fourth-order valence-corrected chi connectivity index (χ4v) is 4.31. The molecule has 0 radical (unpaired) electrons. The summed E-state index contributed by atoms with van der Waals surface area (Å²) in [5.74, 6) is 0.369. The Hall–Kier alpha value is -2.61. The zero-order chi connectivity index (χ0) is 20.4. The van der Waals surface area contributed by atoms with E-state index in [9.17, 15) is 9.59 Å². The van der Waals surface area contributed by atoms with E-state index in [2.05, 4.69) is 22.0 Å². The Morgan fingerprint density at radius 1 is 1.14 bits per heavy atom. The number of aromatic amines is 1. The van der Waals surface area contributed by atoms with Crippen LogP contribution in [0.15, 0.2) is 34.3 Å². The Bertz CT molecular complexity index is 1100. The first-order valence-corrected chi connectivity index (χ1v) is 11.0. The molecule has 0 saturated carbocycles. The van der Waals surface area contributed by atoms with Crippen LogP contribution < -0.4 is 5.56 Å². The van der Waals surface area contributed by atoms with Gasteiger partial charge in [-0.3, -0.25) is 9.59 Å². The zero-order valence-electron chi connectivity index (χ0n) is 16.8. The van der Waals surface area contributed by atoms with E-state index >= 15 is 0 Å². The minimum atomic E-state index is -0.241. The number of nitrogens with zero attached hydrogens (tertiary/aromatic N) is 4. The molecule has 29 heavy (non-hydrogen) atoms. The highest BCUT2D eigenvalue weighted by molar-refractivity contribution is 7.99. The van der Waals surface area contributed by atoms with E-state index < -0.39 is 0 Å². The molecule has 1 aliphatic rings. The molecule has 3 aromatic rings. The van der Waals surface area contributed by atoms with Crippen molar-refractivity contribution in [1.29, 1.82) is 0 Å². The van der Waals surface area contributed by atoms with Gasteiger partial charge in [0.15, 0.2) is 10.8 Å². The van der Waals surface area contributed by atoms with Crippen LogP contribution in [0, 0.1) is 13.8 Å². The van der Waals surface area contributed by atoms with Crippen molar-refractivity contribution in [3.8, 4) is 5.69 Å². The van der Waals surface area contributed by atoms with Crippen LogP contribution in [0.25, 0.3) is 16.7 Å². The lowest BCUT2D eigenvalue weighted by Crippen LogP contribution is -2.33. The molecule has 4 rings (SSSR count). The number of amides is 1. The maximum absolute atomic E-state index is 12.5. The largest absolute Gasteiger partial charge is 0.342 e. The van der Waals surface area contributed by atoms with Crippen LogP contribution in [0.2, 0.25) is 0 Å². The molecule has 1 fully saturated rings. The van der Waals surface area contributed by atoms with Crippen molar-refractivity contribution in [2.45, 2.75) is 44.7 Å². The second-order valence-corrected chi connectivity index (χ2v) is 8.48. The number of thioether (sulfide) groups is 1. The number of H-pyrrole nitrogens is 1. The number of likely N-dealkylation sites (tertiary alicyclic amines) is 1. The average Bonchev–Trinajstić information content (AvgIpc) is 2.95. The minimum absolute atomic E-state index is 0.0994. The van der Waals surface area contributed by atoms with Gasteiger partial charge < -0.3 is 9.88 Å². The summed E-state index contributed by atoms with van der Waals surface area (Å²) in [6.45, 7) is 5.74. The lowest BCUT2D eigenvalue weighted by Gasteiger charge is -2.19. The Morgan fingerprint density at radius 3 is 2.62 bits per heavy atom. The summed E-state index contributed by atoms with van der Waals surface area (Å²) in [7, 11) is 0. The minimum Gasteiger partial charge on any atom is -0.342 e. The van der Waals surface area contributed by atoms with Gasteiger partial charge in [0.05, 0.1) is 17.6 Å². The molecule has 3 heterocycles. The van der Waals surface area contributed by atoms with Gasteiger partial charge in [-0.05, 0) is 49.9 Å². The van der Waals surface area contributed by atoms with Crippen molar-refractivity contribution < 1.29 is 4.79 Å². The van der Waals surface area contributed by atoms with E-state index in [1.165, 1.54) is 36.4 Å². The first-order chi connectivity index (χ1) is 14.0. The van der Waals surface area contributed by atoms with Crippen LogP contribution in [0.4, 0.5) is 0 Å². The Morgan fingerprint density at radius 2 is 1.90 bits per heavy atom. The van der Waals surface area contributed by atoms with Gasteiger partial charge in [-0.2, -0.15) is 5.10 Å². The number of carbonyl (C=O) groups is 1. The molecule has 0 unspecified atom stereocenters. The number of aryl methyl sites for hydroxylation is 2. The van der Waals surface area contributed by atoms with Crippen molar-refractivity contribution >= 4 is 28.7 Å². The fraction of sp³-hybridized carbons (Fsp3) is 0.429. The molecule has 8 heteroatoms. The molecule has 2 aromatic heterocycles. The van der Waals surface area contributed by atoms with Crippen LogP contribution in [0.3, 0.4) is 0 Å². The van der Waals surface area contributed by atoms with Crippen molar-refractivity contribution in [3.63, 3.8) is 0 Å². The number of nitrogens with one attached hydrogen (secondary N) is 1. The third-order valence-corrected chi connectivity index (χ3v) is 6.30.